The van der Waals surface area contributed by atoms with Crippen LogP contribution < -0.4 is 10.2 Å². The number of halogens is 3. The summed E-state index contributed by atoms with van der Waals surface area (Å²) in [4.78, 5) is 10.6. The SMILES string of the molecule is CN(C)c1cc(-c2csc(Nc3cccc(C(F)(F)F)c3)n2)ccn1. The maximum atomic E-state index is 12.8. The molecule has 0 aliphatic heterocycles. The van der Waals surface area contributed by atoms with Gasteiger partial charge in [-0.1, -0.05) is 6.07 Å². The maximum Gasteiger partial charge on any atom is 0.416 e. The Morgan fingerprint density at radius 3 is 2.64 bits per heavy atom. The summed E-state index contributed by atoms with van der Waals surface area (Å²) < 4.78 is 38.4. The summed E-state index contributed by atoms with van der Waals surface area (Å²) in [6.07, 6.45) is -2.67. The maximum absolute atomic E-state index is 12.8. The van der Waals surface area contributed by atoms with E-state index in [9.17, 15) is 13.2 Å². The number of hydrogen-bond acceptors (Lipinski definition) is 5. The van der Waals surface area contributed by atoms with Gasteiger partial charge in [0, 0.05) is 36.9 Å². The zero-order chi connectivity index (χ0) is 18.0. The lowest BCUT2D eigenvalue weighted by molar-refractivity contribution is -0.137. The average molecular weight is 364 g/mol. The number of aromatic nitrogens is 2. The molecule has 0 radical (unpaired) electrons. The molecule has 25 heavy (non-hydrogen) atoms. The summed E-state index contributed by atoms with van der Waals surface area (Å²) in [6, 6.07) is 8.80. The van der Waals surface area contributed by atoms with Crippen LogP contribution in [-0.2, 0) is 6.18 Å². The Labute approximate surface area is 147 Å². The number of hydrogen-bond donors (Lipinski definition) is 1. The number of benzene rings is 1. The third kappa shape index (κ3) is 4.08. The molecule has 1 aromatic carbocycles. The highest BCUT2D eigenvalue weighted by molar-refractivity contribution is 7.14. The van der Waals surface area contributed by atoms with E-state index in [1.54, 1.807) is 12.3 Å². The van der Waals surface area contributed by atoms with Gasteiger partial charge in [0.05, 0.1) is 11.3 Å². The van der Waals surface area contributed by atoms with Crippen LogP contribution in [0, 0.1) is 0 Å². The quantitative estimate of drug-likeness (QED) is 0.705. The minimum Gasteiger partial charge on any atom is -0.363 e. The molecule has 0 atom stereocenters. The summed E-state index contributed by atoms with van der Waals surface area (Å²) in [5.74, 6) is 0.804. The van der Waals surface area contributed by atoms with Crippen LogP contribution in [0.3, 0.4) is 0 Å². The molecule has 3 rings (SSSR count). The van der Waals surface area contributed by atoms with E-state index in [0.717, 1.165) is 29.2 Å². The molecule has 0 unspecified atom stereocenters. The van der Waals surface area contributed by atoms with Gasteiger partial charge < -0.3 is 10.2 Å². The summed E-state index contributed by atoms with van der Waals surface area (Å²) >= 11 is 1.33. The molecule has 1 N–H and O–H groups in total. The predicted molar refractivity (Wildman–Crippen MR) is 94.4 cm³/mol. The first-order chi connectivity index (χ1) is 11.8. The van der Waals surface area contributed by atoms with Crippen molar-refractivity contribution in [3.63, 3.8) is 0 Å². The van der Waals surface area contributed by atoms with E-state index in [4.69, 9.17) is 0 Å². The van der Waals surface area contributed by atoms with Crippen molar-refractivity contribution < 1.29 is 13.2 Å². The molecule has 2 aromatic heterocycles. The van der Waals surface area contributed by atoms with E-state index < -0.39 is 11.7 Å². The average Bonchev–Trinajstić information content (AvgIpc) is 3.03. The third-order valence-electron chi connectivity index (χ3n) is 3.44. The monoisotopic (exact) mass is 364 g/mol. The van der Waals surface area contributed by atoms with Gasteiger partial charge in [-0.2, -0.15) is 13.2 Å². The van der Waals surface area contributed by atoms with Crippen molar-refractivity contribution in [2.75, 3.05) is 24.3 Å². The highest BCUT2D eigenvalue weighted by Gasteiger charge is 2.30. The normalized spacial score (nSPS) is 11.4. The molecular weight excluding hydrogens is 349 g/mol. The molecule has 0 aliphatic carbocycles. The van der Waals surface area contributed by atoms with Crippen molar-refractivity contribution >= 4 is 28.0 Å². The molecule has 0 saturated heterocycles. The van der Waals surface area contributed by atoms with Crippen molar-refractivity contribution in [1.29, 1.82) is 0 Å². The molecule has 8 heteroatoms. The molecule has 0 amide bonds. The molecular formula is C17H15F3N4S. The largest absolute Gasteiger partial charge is 0.416 e. The number of nitrogens with one attached hydrogen (secondary N) is 1. The van der Waals surface area contributed by atoms with Crippen LogP contribution in [0.25, 0.3) is 11.3 Å². The van der Waals surface area contributed by atoms with E-state index in [1.165, 1.54) is 17.4 Å². The fraction of sp³-hybridized carbons (Fsp3) is 0.176. The second-order valence-corrected chi connectivity index (χ2v) is 6.40. The molecule has 0 spiro atoms. The Morgan fingerprint density at radius 2 is 1.92 bits per heavy atom. The molecule has 0 fully saturated rings. The predicted octanol–water partition coefficient (Wildman–Crippen LogP) is 5.03. The van der Waals surface area contributed by atoms with Gasteiger partial charge in [-0.3, -0.25) is 0 Å². The van der Waals surface area contributed by atoms with Crippen molar-refractivity contribution in [3.8, 4) is 11.3 Å². The summed E-state index contributed by atoms with van der Waals surface area (Å²) in [6.45, 7) is 0. The van der Waals surface area contributed by atoms with Gasteiger partial charge in [-0.25, -0.2) is 9.97 Å². The van der Waals surface area contributed by atoms with Gasteiger partial charge in [0.25, 0.3) is 0 Å². The lowest BCUT2D eigenvalue weighted by Crippen LogP contribution is -2.10. The summed E-state index contributed by atoms with van der Waals surface area (Å²) in [5, 5.41) is 5.30. The van der Waals surface area contributed by atoms with Gasteiger partial charge in [-0.05, 0) is 30.3 Å². The van der Waals surface area contributed by atoms with Gasteiger partial charge in [0.1, 0.15) is 5.82 Å². The smallest absolute Gasteiger partial charge is 0.363 e. The first-order valence-electron chi connectivity index (χ1n) is 7.36. The zero-order valence-electron chi connectivity index (χ0n) is 13.5. The standard InChI is InChI=1S/C17H15F3N4S/c1-24(2)15-8-11(6-7-21-15)14-10-25-16(23-14)22-13-5-3-4-12(9-13)17(18,19)20/h3-10H,1-2H3,(H,22,23). The highest BCUT2D eigenvalue weighted by atomic mass is 32.1. The van der Waals surface area contributed by atoms with E-state index in [0.29, 0.717) is 10.8 Å². The first kappa shape index (κ1) is 17.2. The minimum absolute atomic E-state index is 0.347. The molecule has 3 aromatic rings. The Bertz CT molecular complexity index is 874. The lowest BCUT2D eigenvalue weighted by Gasteiger charge is -2.11. The number of anilines is 3. The molecule has 0 aliphatic rings. The second-order valence-electron chi connectivity index (χ2n) is 5.54. The van der Waals surface area contributed by atoms with Gasteiger partial charge in [0.15, 0.2) is 5.13 Å². The molecule has 0 saturated carbocycles. The Balaban J connectivity index is 1.82. The molecule has 130 valence electrons. The van der Waals surface area contributed by atoms with Crippen LogP contribution in [0.15, 0.2) is 48.0 Å². The number of thiazole rings is 1. The van der Waals surface area contributed by atoms with Crippen molar-refractivity contribution in [2.24, 2.45) is 0 Å². The fourth-order valence-corrected chi connectivity index (χ4v) is 2.92. The minimum atomic E-state index is -4.37. The Morgan fingerprint density at radius 1 is 1.12 bits per heavy atom. The van der Waals surface area contributed by atoms with Crippen LogP contribution in [0.1, 0.15) is 5.56 Å². The summed E-state index contributed by atoms with van der Waals surface area (Å²) in [5.41, 5.74) is 1.29. The second kappa shape index (κ2) is 6.72. The first-order valence-corrected chi connectivity index (χ1v) is 8.24. The highest BCUT2D eigenvalue weighted by Crippen LogP contribution is 2.32. The third-order valence-corrected chi connectivity index (χ3v) is 4.20. The molecule has 2 heterocycles. The lowest BCUT2D eigenvalue weighted by atomic mass is 10.2. The van der Waals surface area contributed by atoms with Crippen molar-refractivity contribution in [3.05, 3.63) is 53.5 Å². The van der Waals surface area contributed by atoms with Crippen LogP contribution in [0.2, 0.25) is 0 Å². The van der Waals surface area contributed by atoms with Crippen LogP contribution >= 0.6 is 11.3 Å². The van der Waals surface area contributed by atoms with Gasteiger partial charge >= 0.3 is 6.18 Å². The van der Waals surface area contributed by atoms with Gasteiger partial charge in [-0.15, -0.1) is 11.3 Å². The van der Waals surface area contributed by atoms with Gasteiger partial charge in [0.2, 0.25) is 0 Å². The Hall–Kier alpha value is -2.61. The van der Waals surface area contributed by atoms with E-state index in [1.807, 2.05) is 36.5 Å². The number of nitrogens with zero attached hydrogens (tertiary/aromatic N) is 3. The number of alkyl halides is 3. The topological polar surface area (TPSA) is 41.0 Å². The van der Waals surface area contributed by atoms with Crippen molar-refractivity contribution in [1.82, 2.24) is 9.97 Å². The number of pyridine rings is 1. The molecule has 0 bridgehead atoms. The summed E-state index contributed by atoms with van der Waals surface area (Å²) in [7, 11) is 3.79. The van der Waals surface area contributed by atoms with Crippen LogP contribution in [0.4, 0.5) is 29.8 Å². The number of rotatable bonds is 4. The Kier molecular flexibility index (Phi) is 4.63. The van der Waals surface area contributed by atoms with E-state index in [2.05, 4.69) is 15.3 Å². The van der Waals surface area contributed by atoms with Crippen molar-refractivity contribution in [2.45, 2.75) is 6.18 Å². The van der Waals surface area contributed by atoms with E-state index >= 15 is 0 Å². The van der Waals surface area contributed by atoms with E-state index in [-0.39, 0.29) is 0 Å². The zero-order valence-corrected chi connectivity index (χ0v) is 14.3. The molecule has 4 nitrogen and oxygen atoms in total. The fourth-order valence-electron chi connectivity index (χ4n) is 2.18. The van der Waals surface area contributed by atoms with Crippen LogP contribution in [0.5, 0.6) is 0 Å². The van der Waals surface area contributed by atoms with Crippen LogP contribution in [-0.4, -0.2) is 24.1 Å².